The summed E-state index contributed by atoms with van der Waals surface area (Å²) in [4.78, 5) is 35.2. The monoisotopic (exact) mass is 313 g/mol. The molecule has 0 saturated carbocycles. The Morgan fingerprint density at radius 3 is 1.95 bits per heavy atom. The van der Waals surface area contributed by atoms with Gasteiger partial charge in [0.15, 0.2) is 16.3 Å². The van der Waals surface area contributed by atoms with Crippen molar-refractivity contribution in [2.75, 3.05) is 11.1 Å². The van der Waals surface area contributed by atoms with Gasteiger partial charge in [-0.15, -0.1) is 0 Å². The SMILES string of the molecule is Nc1nc(Cl)c(NC=O)c(Cl)n1.O=C([O-])C(=O)O.[NH4+]. The number of nitrogens with one attached hydrogen (secondary N) is 1. The molecule has 0 aliphatic rings. The lowest BCUT2D eigenvalue weighted by Gasteiger charge is -2.03. The zero-order valence-electron chi connectivity index (χ0n) is 9.39. The predicted molar refractivity (Wildman–Crippen MR) is 64.8 cm³/mol. The van der Waals surface area contributed by atoms with Gasteiger partial charge in [0.05, 0.1) is 0 Å². The van der Waals surface area contributed by atoms with Gasteiger partial charge in [-0.25, -0.2) is 4.79 Å². The van der Waals surface area contributed by atoms with Crippen molar-refractivity contribution in [1.29, 1.82) is 0 Å². The van der Waals surface area contributed by atoms with E-state index < -0.39 is 11.9 Å². The molecule has 8 N–H and O–H groups in total. The normalized spacial score (nSPS) is 8.32. The van der Waals surface area contributed by atoms with Crippen molar-refractivity contribution in [3.8, 4) is 0 Å². The molecule has 0 atom stereocenters. The van der Waals surface area contributed by atoms with Crippen LogP contribution in [0.5, 0.6) is 0 Å². The minimum absolute atomic E-state index is 0. The molecule has 0 aliphatic heterocycles. The van der Waals surface area contributed by atoms with Crippen molar-refractivity contribution in [3.05, 3.63) is 10.3 Å². The zero-order chi connectivity index (χ0) is 14.3. The van der Waals surface area contributed by atoms with E-state index in [-0.39, 0.29) is 28.1 Å². The first-order valence-corrected chi connectivity index (χ1v) is 4.68. The highest BCUT2D eigenvalue weighted by atomic mass is 35.5. The quantitative estimate of drug-likeness (QED) is 0.307. The highest BCUT2D eigenvalue weighted by Gasteiger charge is 2.08. The van der Waals surface area contributed by atoms with Crippen molar-refractivity contribution in [3.63, 3.8) is 0 Å². The maximum absolute atomic E-state index is 10.0. The van der Waals surface area contributed by atoms with E-state index >= 15 is 0 Å². The maximum atomic E-state index is 10.0. The summed E-state index contributed by atoms with van der Waals surface area (Å²) in [7, 11) is 0. The van der Waals surface area contributed by atoms with Crippen molar-refractivity contribution >= 4 is 53.2 Å². The lowest BCUT2D eigenvalue weighted by atomic mass is 10.5. The third-order valence-corrected chi connectivity index (χ3v) is 1.76. The first-order valence-electron chi connectivity index (χ1n) is 3.92. The van der Waals surface area contributed by atoms with Crippen LogP contribution in [0.3, 0.4) is 0 Å². The van der Waals surface area contributed by atoms with Crippen LogP contribution in [-0.2, 0) is 14.4 Å². The van der Waals surface area contributed by atoms with Gasteiger partial charge in [-0.1, -0.05) is 23.2 Å². The standard InChI is InChI=1S/C5H4Cl2N4O.C2H2O4.H3N/c6-3-2(9-1-12)4(7)11-5(8)10-3;3-1(4)2(5)6;/h1H,(H,9,12)(H2,8,10,11);(H,3,4)(H,5,6);1H3. The summed E-state index contributed by atoms with van der Waals surface area (Å²) >= 11 is 11.2. The van der Waals surface area contributed by atoms with Crippen LogP contribution < -0.4 is 22.3 Å². The molecule has 0 aliphatic carbocycles. The van der Waals surface area contributed by atoms with Gasteiger partial charge in [-0.05, 0) is 0 Å². The van der Waals surface area contributed by atoms with E-state index in [2.05, 4.69) is 15.3 Å². The van der Waals surface area contributed by atoms with Crippen LogP contribution >= 0.6 is 23.2 Å². The molecule has 0 fully saturated rings. The third-order valence-electron chi connectivity index (χ3n) is 1.22. The number of aliphatic carboxylic acids is 2. The summed E-state index contributed by atoms with van der Waals surface area (Å²) in [5.41, 5.74) is 5.37. The van der Waals surface area contributed by atoms with Gasteiger partial charge in [-0.3, -0.25) is 4.79 Å². The number of amides is 1. The number of carboxylic acid groups (broad SMARTS) is 2. The summed E-state index contributed by atoms with van der Waals surface area (Å²) in [6.07, 6.45) is 0.423. The molecule has 1 rings (SSSR count). The third kappa shape index (κ3) is 6.98. The number of quaternary nitrogens is 1. The summed E-state index contributed by atoms with van der Waals surface area (Å²) in [6, 6.07) is 0. The Morgan fingerprint density at radius 1 is 1.32 bits per heavy atom. The number of hydrogen-bond acceptors (Lipinski definition) is 7. The van der Waals surface area contributed by atoms with Gasteiger partial charge in [0.25, 0.3) is 0 Å². The summed E-state index contributed by atoms with van der Waals surface area (Å²) in [5, 5.41) is 18.6. The number of nitrogen functional groups attached to an aromatic ring is 1. The number of hydrogen-bond donors (Lipinski definition) is 4. The van der Waals surface area contributed by atoms with E-state index in [1.807, 2.05) is 0 Å². The van der Waals surface area contributed by atoms with E-state index in [1.54, 1.807) is 0 Å². The van der Waals surface area contributed by atoms with Crippen LogP contribution in [0.1, 0.15) is 0 Å². The number of carbonyl (C=O) groups is 3. The molecule has 106 valence electrons. The van der Waals surface area contributed by atoms with Gasteiger partial charge in [0.2, 0.25) is 12.4 Å². The second kappa shape index (κ2) is 8.85. The molecule has 19 heavy (non-hydrogen) atoms. The Balaban J connectivity index is 0. The molecular formula is C7H9Cl2N5O5. The molecule has 12 heteroatoms. The summed E-state index contributed by atoms with van der Waals surface area (Å²) < 4.78 is 0. The average molecular weight is 314 g/mol. The Bertz CT molecular complexity index is 448. The maximum Gasteiger partial charge on any atom is 0.351 e. The Morgan fingerprint density at radius 2 is 1.68 bits per heavy atom. The number of carboxylic acids is 2. The molecule has 1 amide bonds. The number of rotatable bonds is 2. The Labute approximate surface area is 116 Å². The van der Waals surface area contributed by atoms with E-state index in [9.17, 15) is 4.79 Å². The minimum atomic E-state index is -2.07. The molecule has 0 bridgehead atoms. The van der Waals surface area contributed by atoms with Crippen LogP contribution in [0.15, 0.2) is 0 Å². The zero-order valence-corrected chi connectivity index (χ0v) is 10.9. The number of carbonyl (C=O) groups excluding carboxylic acids is 2. The molecule has 0 unspecified atom stereocenters. The Kier molecular flexibility index (Phi) is 8.94. The van der Waals surface area contributed by atoms with E-state index in [0.717, 1.165) is 0 Å². The average Bonchev–Trinajstić information content (AvgIpc) is 2.24. The van der Waals surface area contributed by atoms with Crippen LogP contribution in [0.4, 0.5) is 11.6 Å². The molecule has 0 spiro atoms. The second-order valence-electron chi connectivity index (χ2n) is 2.39. The lowest BCUT2D eigenvalue weighted by molar-refractivity contribution is -0.303. The highest BCUT2D eigenvalue weighted by Crippen LogP contribution is 2.26. The fourth-order valence-electron chi connectivity index (χ4n) is 0.601. The van der Waals surface area contributed by atoms with E-state index in [4.69, 9.17) is 48.7 Å². The first-order chi connectivity index (χ1) is 8.29. The van der Waals surface area contributed by atoms with Crippen LogP contribution in [0.25, 0.3) is 0 Å². The minimum Gasteiger partial charge on any atom is -0.539 e. The first kappa shape index (κ1) is 19.2. The van der Waals surface area contributed by atoms with Gasteiger partial charge < -0.3 is 32.2 Å². The van der Waals surface area contributed by atoms with Crippen LogP contribution in [-0.4, -0.2) is 33.4 Å². The lowest BCUT2D eigenvalue weighted by Crippen LogP contribution is -2.30. The van der Waals surface area contributed by atoms with Crippen LogP contribution in [0, 0.1) is 0 Å². The molecule has 0 radical (unpaired) electrons. The van der Waals surface area contributed by atoms with Gasteiger partial charge >= 0.3 is 5.97 Å². The Hall–Kier alpha value is -2.17. The molecule has 1 aromatic rings. The molecule has 0 saturated heterocycles. The highest BCUT2D eigenvalue weighted by molar-refractivity contribution is 6.38. The number of nitrogens with zero attached hydrogens (tertiary/aromatic N) is 2. The second-order valence-corrected chi connectivity index (χ2v) is 3.11. The van der Waals surface area contributed by atoms with Crippen molar-refractivity contribution in [2.24, 2.45) is 0 Å². The number of halogens is 2. The largest absolute Gasteiger partial charge is 0.539 e. The topological polar surface area (TPSA) is 195 Å². The predicted octanol–water partition coefficient (Wildman–Crippen LogP) is -0.869. The number of nitrogens with two attached hydrogens (primary N) is 1. The number of anilines is 2. The smallest absolute Gasteiger partial charge is 0.351 e. The molecule has 1 heterocycles. The van der Waals surface area contributed by atoms with Crippen molar-refractivity contribution in [1.82, 2.24) is 16.1 Å². The fourth-order valence-corrected chi connectivity index (χ4v) is 1.11. The molecule has 1 aromatic heterocycles. The van der Waals surface area contributed by atoms with E-state index in [1.165, 1.54) is 0 Å². The van der Waals surface area contributed by atoms with Crippen LogP contribution in [0.2, 0.25) is 10.3 Å². The van der Waals surface area contributed by atoms with Crippen molar-refractivity contribution in [2.45, 2.75) is 0 Å². The van der Waals surface area contributed by atoms with Crippen molar-refractivity contribution < 1.29 is 24.6 Å². The molecule has 0 aromatic carbocycles. The molecule has 10 nitrogen and oxygen atoms in total. The summed E-state index contributed by atoms with van der Waals surface area (Å²) in [6.45, 7) is 0. The van der Waals surface area contributed by atoms with E-state index in [0.29, 0.717) is 6.41 Å². The van der Waals surface area contributed by atoms with Gasteiger partial charge in [0.1, 0.15) is 5.69 Å². The summed E-state index contributed by atoms with van der Waals surface area (Å²) in [5.74, 6) is -4.05. The molecular weight excluding hydrogens is 305 g/mol. The van der Waals surface area contributed by atoms with Gasteiger partial charge in [-0.2, -0.15) is 9.97 Å². The number of aromatic nitrogens is 2. The van der Waals surface area contributed by atoms with Gasteiger partial charge in [0, 0.05) is 0 Å². The fraction of sp³-hybridized carbons (Fsp3) is 0.